The van der Waals surface area contributed by atoms with E-state index in [1.807, 2.05) is 45.0 Å². The van der Waals surface area contributed by atoms with Crippen LogP contribution in [0.2, 0.25) is 0 Å². The van der Waals surface area contributed by atoms with Crippen molar-refractivity contribution in [2.45, 2.75) is 39.2 Å². The molecular formula is C16H24O4. The highest BCUT2D eigenvalue weighted by molar-refractivity contribution is 5.69. The number of carbonyl (C=O) groups is 1. The summed E-state index contributed by atoms with van der Waals surface area (Å²) < 4.78 is 15.8. The van der Waals surface area contributed by atoms with E-state index in [-0.39, 0.29) is 12.4 Å². The third-order valence-electron chi connectivity index (χ3n) is 2.54. The molecule has 20 heavy (non-hydrogen) atoms. The minimum atomic E-state index is -0.433. The van der Waals surface area contributed by atoms with E-state index in [9.17, 15) is 4.79 Å². The van der Waals surface area contributed by atoms with E-state index in [0.29, 0.717) is 13.2 Å². The first-order valence-electron chi connectivity index (χ1n) is 6.83. The smallest absolute Gasteiger partial charge is 0.308 e. The molecule has 1 aromatic rings. The Morgan fingerprint density at radius 3 is 2.60 bits per heavy atom. The Labute approximate surface area is 121 Å². The molecule has 0 aromatic heterocycles. The highest BCUT2D eigenvalue weighted by Gasteiger charge is 2.15. The molecule has 0 aliphatic carbocycles. The summed E-state index contributed by atoms with van der Waals surface area (Å²) in [6, 6.07) is 7.87. The second-order valence-electron chi connectivity index (χ2n) is 5.55. The van der Waals surface area contributed by atoms with Crippen LogP contribution in [0.1, 0.15) is 32.8 Å². The van der Waals surface area contributed by atoms with Gasteiger partial charge in [-0.3, -0.25) is 4.79 Å². The zero-order valence-electron chi connectivity index (χ0n) is 12.8. The molecule has 0 amide bonds. The quantitative estimate of drug-likeness (QED) is 0.569. The van der Waals surface area contributed by atoms with E-state index in [4.69, 9.17) is 14.2 Å². The van der Waals surface area contributed by atoms with E-state index < -0.39 is 5.60 Å². The number of hydrogen-bond donors (Lipinski definition) is 0. The number of esters is 1. The lowest BCUT2D eigenvalue weighted by Gasteiger charge is -2.19. The van der Waals surface area contributed by atoms with Crippen LogP contribution in [-0.2, 0) is 20.7 Å². The van der Waals surface area contributed by atoms with Crippen molar-refractivity contribution in [2.24, 2.45) is 0 Å². The first-order chi connectivity index (χ1) is 9.40. The third-order valence-corrected chi connectivity index (χ3v) is 2.54. The van der Waals surface area contributed by atoms with Crippen molar-refractivity contribution in [1.29, 1.82) is 0 Å². The zero-order valence-corrected chi connectivity index (χ0v) is 12.8. The van der Waals surface area contributed by atoms with Crippen LogP contribution >= 0.6 is 0 Å². The number of benzene rings is 1. The van der Waals surface area contributed by atoms with Crippen molar-refractivity contribution in [3.8, 4) is 5.75 Å². The molecule has 0 saturated heterocycles. The first-order valence-corrected chi connectivity index (χ1v) is 6.83. The lowest BCUT2D eigenvalue weighted by molar-refractivity contribution is -0.156. The molecule has 4 heteroatoms. The summed E-state index contributed by atoms with van der Waals surface area (Å²) in [5, 5.41) is 0. The first kappa shape index (κ1) is 16.5. The fraction of sp³-hybridized carbons (Fsp3) is 0.562. The van der Waals surface area contributed by atoms with Gasteiger partial charge in [-0.1, -0.05) is 12.1 Å². The molecule has 0 N–H and O–H groups in total. The molecule has 0 heterocycles. The predicted molar refractivity (Wildman–Crippen MR) is 78.0 cm³/mol. The second kappa shape index (κ2) is 7.90. The molecule has 1 aromatic carbocycles. The highest BCUT2D eigenvalue weighted by Crippen LogP contribution is 2.13. The maximum atomic E-state index is 11.5. The Bertz CT molecular complexity index is 421. The monoisotopic (exact) mass is 280 g/mol. The van der Waals surface area contributed by atoms with Gasteiger partial charge in [0.2, 0.25) is 0 Å². The van der Waals surface area contributed by atoms with Crippen LogP contribution in [0.3, 0.4) is 0 Å². The van der Waals surface area contributed by atoms with Crippen molar-refractivity contribution >= 4 is 5.97 Å². The molecule has 0 radical (unpaired) electrons. The summed E-state index contributed by atoms with van der Waals surface area (Å²) in [5.74, 6) is 0.620. The molecule has 0 bridgehead atoms. The van der Waals surface area contributed by atoms with Gasteiger partial charge < -0.3 is 14.2 Å². The lowest BCUT2D eigenvalue weighted by Crippen LogP contribution is -2.24. The fourth-order valence-corrected chi connectivity index (χ4v) is 1.67. The van der Waals surface area contributed by atoms with Crippen LogP contribution in [0.25, 0.3) is 0 Å². The van der Waals surface area contributed by atoms with Gasteiger partial charge in [0.25, 0.3) is 0 Å². The van der Waals surface area contributed by atoms with Gasteiger partial charge in [0, 0.05) is 0 Å². The average molecular weight is 280 g/mol. The van der Waals surface area contributed by atoms with E-state index in [2.05, 4.69) is 0 Å². The Morgan fingerprint density at radius 2 is 1.95 bits per heavy atom. The molecule has 0 saturated carbocycles. The van der Waals surface area contributed by atoms with Crippen LogP contribution in [-0.4, -0.2) is 31.9 Å². The zero-order chi connectivity index (χ0) is 15.0. The van der Waals surface area contributed by atoms with Crippen molar-refractivity contribution < 1.29 is 19.0 Å². The summed E-state index contributed by atoms with van der Waals surface area (Å²) in [4.78, 5) is 11.5. The van der Waals surface area contributed by atoms with E-state index in [1.54, 1.807) is 7.11 Å². The van der Waals surface area contributed by atoms with Gasteiger partial charge in [-0.25, -0.2) is 0 Å². The van der Waals surface area contributed by atoms with Crippen molar-refractivity contribution in [3.05, 3.63) is 29.8 Å². The van der Waals surface area contributed by atoms with Crippen molar-refractivity contribution in [1.82, 2.24) is 0 Å². The van der Waals surface area contributed by atoms with E-state index >= 15 is 0 Å². The Balaban J connectivity index is 2.17. The molecular weight excluding hydrogens is 256 g/mol. The Kier molecular flexibility index (Phi) is 6.52. The summed E-state index contributed by atoms with van der Waals surface area (Å²) in [7, 11) is 1.65. The molecule has 112 valence electrons. The molecule has 0 aliphatic rings. The van der Waals surface area contributed by atoms with Crippen molar-refractivity contribution in [3.63, 3.8) is 0 Å². The van der Waals surface area contributed by atoms with Crippen LogP contribution in [0.15, 0.2) is 24.3 Å². The lowest BCUT2D eigenvalue weighted by atomic mass is 10.1. The fourth-order valence-electron chi connectivity index (χ4n) is 1.67. The molecule has 0 spiro atoms. The summed E-state index contributed by atoms with van der Waals surface area (Å²) in [6.45, 7) is 6.53. The maximum absolute atomic E-state index is 11.5. The van der Waals surface area contributed by atoms with Gasteiger partial charge in [0.15, 0.2) is 0 Å². The van der Waals surface area contributed by atoms with E-state index in [0.717, 1.165) is 17.7 Å². The second-order valence-corrected chi connectivity index (χ2v) is 5.55. The van der Waals surface area contributed by atoms with Gasteiger partial charge in [-0.15, -0.1) is 0 Å². The Hall–Kier alpha value is -1.55. The van der Waals surface area contributed by atoms with Crippen LogP contribution < -0.4 is 4.74 Å². The van der Waals surface area contributed by atoms with Gasteiger partial charge in [-0.05, 0) is 44.9 Å². The minimum absolute atomic E-state index is 0.223. The average Bonchev–Trinajstić information content (AvgIpc) is 2.36. The van der Waals surface area contributed by atoms with Gasteiger partial charge in [0.05, 0.1) is 26.7 Å². The van der Waals surface area contributed by atoms with Gasteiger partial charge >= 0.3 is 5.97 Å². The number of ether oxygens (including phenoxy) is 3. The molecule has 0 aliphatic heterocycles. The summed E-state index contributed by atoms with van der Waals surface area (Å²) >= 11 is 0. The van der Waals surface area contributed by atoms with Crippen LogP contribution in [0.5, 0.6) is 5.75 Å². The topological polar surface area (TPSA) is 44.8 Å². The number of carbonyl (C=O) groups excluding carboxylic acids is 1. The number of rotatable bonds is 7. The maximum Gasteiger partial charge on any atom is 0.308 e. The largest absolute Gasteiger partial charge is 0.497 e. The molecule has 1 rings (SSSR count). The summed E-state index contributed by atoms with van der Waals surface area (Å²) in [6.07, 6.45) is 1.08. The molecule has 4 nitrogen and oxygen atoms in total. The van der Waals surface area contributed by atoms with Crippen molar-refractivity contribution in [2.75, 3.05) is 20.3 Å². The molecule has 0 fully saturated rings. The normalized spacial score (nSPS) is 11.2. The van der Waals surface area contributed by atoms with Gasteiger partial charge in [-0.2, -0.15) is 0 Å². The number of hydrogen-bond acceptors (Lipinski definition) is 4. The predicted octanol–water partition coefficient (Wildman–Crippen LogP) is 2.99. The Morgan fingerprint density at radius 1 is 1.20 bits per heavy atom. The molecule has 0 unspecified atom stereocenters. The summed E-state index contributed by atoms with van der Waals surface area (Å²) in [5.41, 5.74) is 0.721. The van der Waals surface area contributed by atoms with Gasteiger partial charge in [0.1, 0.15) is 11.4 Å². The standard InChI is InChI=1S/C16H24O4/c1-16(2,3)20-15(17)9-11-19-10-8-13-6-5-7-14(12-13)18-4/h5-7,12H,8-11H2,1-4H3. The van der Waals surface area contributed by atoms with E-state index in [1.165, 1.54) is 0 Å². The molecule has 0 atom stereocenters. The van der Waals surface area contributed by atoms with Crippen LogP contribution in [0.4, 0.5) is 0 Å². The third kappa shape index (κ3) is 7.14. The SMILES string of the molecule is COc1cccc(CCOCCC(=O)OC(C)(C)C)c1. The van der Waals surface area contributed by atoms with Crippen LogP contribution in [0, 0.1) is 0 Å². The number of methoxy groups -OCH3 is 1. The highest BCUT2D eigenvalue weighted by atomic mass is 16.6. The minimum Gasteiger partial charge on any atom is -0.497 e.